The summed E-state index contributed by atoms with van der Waals surface area (Å²) in [4.78, 5) is 29.2. The van der Waals surface area contributed by atoms with Crippen molar-refractivity contribution >= 4 is 11.8 Å². The van der Waals surface area contributed by atoms with E-state index in [1.54, 1.807) is 12.0 Å². The molecule has 2 heterocycles. The van der Waals surface area contributed by atoms with Crippen LogP contribution in [0.2, 0.25) is 0 Å². The molecule has 1 aromatic rings. The fraction of sp³-hybridized carbons (Fsp3) is 0.579. The maximum atomic E-state index is 12.7. The van der Waals surface area contributed by atoms with Gasteiger partial charge in [0.15, 0.2) is 0 Å². The number of carbonyl (C=O) groups excluding carboxylic acids is 2. The third-order valence-corrected chi connectivity index (χ3v) is 4.96. The SMILES string of the molecule is COc1ccccc1CN1CCN2C(=O)[C@H](CC(C)C)NC(=O)[C@H]2C1. The van der Waals surface area contributed by atoms with Crippen molar-refractivity contribution in [2.45, 2.75) is 38.9 Å². The van der Waals surface area contributed by atoms with E-state index in [1.165, 1.54) is 0 Å². The Morgan fingerprint density at radius 1 is 1.24 bits per heavy atom. The first kappa shape index (κ1) is 17.7. The van der Waals surface area contributed by atoms with E-state index in [0.29, 0.717) is 32.0 Å². The van der Waals surface area contributed by atoms with Gasteiger partial charge in [-0.05, 0) is 18.4 Å². The Balaban J connectivity index is 1.68. The van der Waals surface area contributed by atoms with E-state index in [9.17, 15) is 9.59 Å². The molecule has 2 aliphatic rings. The van der Waals surface area contributed by atoms with Gasteiger partial charge in [-0.1, -0.05) is 32.0 Å². The fourth-order valence-electron chi connectivity index (χ4n) is 3.71. The molecular formula is C19H27N3O3. The molecule has 0 aromatic heterocycles. The van der Waals surface area contributed by atoms with Gasteiger partial charge >= 0.3 is 0 Å². The van der Waals surface area contributed by atoms with Gasteiger partial charge < -0.3 is 15.0 Å². The Hall–Kier alpha value is -2.08. The fourth-order valence-corrected chi connectivity index (χ4v) is 3.71. The summed E-state index contributed by atoms with van der Waals surface area (Å²) in [6.07, 6.45) is 0.693. The van der Waals surface area contributed by atoms with Gasteiger partial charge in [-0.15, -0.1) is 0 Å². The predicted molar refractivity (Wildman–Crippen MR) is 95.2 cm³/mol. The maximum absolute atomic E-state index is 12.7. The molecule has 136 valence electrons. The van der Waals surface area contributed by atoms with E-state index in [-0.39, 0.29) is 23.9 Å². The van der Waals surface area contributed by atoms with Gasteiger partial charge in [-0.2, -0.15) is 0 Å². The van der Waals surface area contributed by atoms with Crippen molar-refractivity contribution < 1.29 is 14.3 Å². The van der Waals surface area contributed by atoms with E-state index in [2.05, 4.69) is 24.1 Å². The number of methoxy groups -OCH3 is 1. The number of nitrogens with zero attached hydrogens (tertiary/aromatic N) is 2. The highest BCUT2D eigenvalue weighted by Crippen LogP contribution is 2.23. The Morgan fingerprint density at radius 2 is 2.00 bits per heavy atom. The molecule has 0 spiro atoms. The zero-order valence-electron chi connectivity index (χ0n) is 15.2. The minimum absolute atomic E-state index is 0.0324. The minimum atomic E-state index is -0.389. The number of amides is 2. The standard InChI is InChI=1S/C19H27N3O3/c1-13(2)10-15-19(24)22-9-8-21(12-16(22)18(23)20-15)11-14-6-4-5-7-17(14)25-3/h4-7,13,15-16H,8-12H2,1-3H3,(H,20,23)/t15-,16+/m0/s1. The molecule has 1 N–H and O–H groups in total. The van der Waals surface area contributed by atoms with Crippen LogP contribution in [0.25, 0.3) is 0 Å². The Labute approximate surface area is 149 Å². The summed E-state index contributed by atoms with van der Waals surface area (Å²) in [5, 5.41) is 2.92. The van der Waals surface area contributed by atoms with Gasteiger partial charge in [0.25, 0.3) is 0 Å². The first-order valence-corrected chi connectivity index (χ1v) is 8.94. The lowest BCUT2D eigenvalue weighted by Gasteiger charge is -2.45. The summed E-state index contributed by atoms with van der Waals surface area (Å²) in [5.74, 6) is 1.26. The number of benzene rings is 1. The van der Waals surface area contributed by atoms with E-state index in [0.717, 1.165) is 17.9 Å². The molecule has 0 radical (unpaired) electrons. The number of rotatable bonds is 5. The summed E-state index contributed by atoms with van der Waals surface area (Å²) in [5.41, 5.74) is 1.10. The quantitative estimate of drug-likeness (QED) is 0.873. The third kappa shape index (κ3) is 3.79. The lowest BCUT2D eigenvalue weighted by molar-refractivity contribution is -0.153. The Kier molecular flexibility index (Phi) is 5.27. The van der Waals surface area contributed by atoms with Gasteiger partial charge in [0.1, 0.15) is 17.8 Å². The van der Waals surface area contributed by atoms with Gasteiger partial charge in [-0.3, -0.25) is 14.5 Å². The molecule has 6 nitrogen and oxygen atoms in total. The predicted octanol–water partition coefficient (Wildman–Crippen LogP) is 1.25. The molecule has 3 rings (SSSR count). The van der Waals surface area contributed by atoms with Crippen molar-refractivity contribution in [3.05, 3.63) is 29.8 Å². The van der Waals surface area contributed by atoms with Crippen molar-refractivity contribution in [3.8, 4) is 5.75 Å². The van der Waals surface area contributed by atoms with Gasteiger partial charge in [-0.25, -0.2) is 0 Å². The number of piperazine rings is 2. The summed E-state index contributed by atoms with van der Waals surface area (Å²) in [6, 6.07) is 7.16. The van der Waals surface area contributed by atoms with Crippen LogP contribution in [0.1, 0.15) is 25.8 Å². The summed E-state index contributed by atoms with van der Waals surface area (Å²) >= 11 is 0. The number of nitrogens with one attached hydrogen (secondary N) is 1. The molecular weight excluding hydrogens is 318 g/mol. The molecule has 6 heteroatoms. The van der Waals surface area contributed by atoms with Gasteiger partial charge in [0, 0.05) is 31.7 Å². The van der Waals surface area contributed by atoms with Crippen LogP contribution in [0.5, 0.6) is 5.75 Å². The lowest BCUT2D eigenvalue weighted by atomic mass is 9.97. The van der Waals surface area contributed by atoms with Crippen LogP contribution < -0.4 is 10.1 Å². The number of fused-ring (bicyclic) bond motifs is 1. The molecule has 0 unspecified atom stereocenters. The van der Waals surface area contributed by atoms with Crippen LogP contribution in [0.3, 0.4) is 0 Å². The smallest absolute Gasteiger partial charge is 0.245 e. The largest absolute Gasteiger partial charge is 0.496 e. The molecule has 25 heavy (non-hydrogen) atoms. The molecule has 2 saturated heterocycles. The molecule has 0 aliphatic carbocycles. The molecule has 0 saturated carbocycles. The van der Waals surface area contributed by atoms with Gasteiger partial charge in [0.05, 0.1) is 7.11 Å². The highest BCUT2D eigenvalue weighted by Gasteiger charge is 2.43. The first-order chi connectivity index (χ1) is 12.0. The Morgan fingerprint density at radius 3 is 2.72 bits per heavy atom. The minimum Gasteiger partial charge on any atom is -0.496 e. The van der Waals surface area contributed by atoms with Crippen molar-refractivity contribution in [1.82, 2.24) is 15.1 Å². The molecule has 0 bridgehead atoms. The van der Waals surface area contributed by atoms with Crippen LogP contribution in [0.15, 0.2) is 24.3 Å². The molecule has 2 fully saturated rings. The average molecular weight is 345 g/mol. The van der Waals surface area contributed by atoms with Crippen LogP contribution >= 0.6 is 0 Å². The first-order valence-electron chi connectivity index (χ1n) is 8.94. The molecule has 1 aromatic carbocycles. The number of hydrogen-bond acceptors (Lipinski definition) is 4. The van der Waals surface area contributed by atoms with E-state index >= 15 is 0 Å². The van der Waals surface area contributed by atoms with Crippen LogP contribution in [-0.4, -0.2) is 60.4 Å². The van der Waals surface area contributed by atoms with Gasteiger partial charge in [0.2, 0.25) is 11.8 Å². The van der Waals surface area contributed by atoms with Crippen LogP contribution in [-0.2, 0) is 16.1 Å². The van der Waals surface area contributed by atoms with Crippen molar-refractivity contribution in [1.29, 1.82) is 0 Å². The average Bonchev–Trinajstić information content (AvgIpc) is 2.59. The van der Waals surface area contributed by atoms with E-state index in [1.807, 2.05) is 24.3 Å². The Bertz CT molecular complexity index is 647. The van der Waals surface area contributed by atoms with Crippen molar-refractivity contribution in [2.24, 2.45) is 5.92 Å². The van der Waals surface area contributed by atoms with E-state index < -0.39 is 0 Å². The topological polar surface area (TPSA) is 61.9 Å². The second-order valence-electron chi connectivity index (χ2n) is 7.29. The monoisotopic (exact) mass is 345 g/mol. The number of ether oxygens (including phenoxy) is 1. The normalized spacial score (nSPS) is 24.2. The van der Waals surface area contributed by atoms with E-state index in [4.69, 9.17) is 4.74 Å². The summed E-state index contributed by atoms with van der Waals surface area (Å²) in [7, 11) is 1.67. The summed E-state index contributed by atoms with van der Waals surface area (Å²) < 4.78 is 5.41. The second kappa shape index (κ2) is 7.44. The molecule has 2 amide bonds. The van der Waals surface area contributed by atoms with Crippen LogP contribution in [0, 0.1) is 5.92 Å². The number of para-hydroxylation sites is 1. The number of carbonyl (C=O) groups is 2. The second-order valence-corrected chi connectivity index (χ2v) is 7.29. The van der Waals surface area contributed by atoms with Crippen molar-refractivity contribution in [3.63, 3.8) is 0 Å². The molecule has 2 atom stereocenters. The number of hydrogen-bond donors (Lipinski definition) is 1. The highest BCUT2D eigenvalue weighted by atomic mass is 16.5. The lowest BCUT2D eigenvalue weighted by Crippen LogP contribution is -2.69. The third-order valence-electron chi connectivity index (χ3n) is 4.96. The zero-order valence-corrected chi connectivity index (χ0v) is 15.2. The highest BCUT2D eigenvalue weighted by molar-refractivity contribution is 5.97. The summed E-state index contributed by atoms with van der Waals surface area (Å²) in [6.45, 7) is 6.77. The maximum Gasteiger partial charge on any atom is 0.245 e. The van der Waals surface area contributed by atoms with Crippen LogP contribution in [0.4, 0.5) is 0 Å². The zero-order chi connectivity index (χ0) is 18.0. The van der Waals surface area contributed by atoms with Crippen molar-refractivity contribution in [2.75, 3.05) is 26.7 Å². The molecule has 2 aliphatic heterocycles.